The van der Waals surface area contributed by atoms with E-state index in [0.717, 1.165) is 38.4 Å². The standard InChI is InChI=1S/C28H37ClFN7O/c1-4-35-11-12-37(6-3)26-16-23(8-7-20(26)18-35)33-28-31-17-24(29)27(34-28)32-22-9-10-25(30)21(15-22)19-36(5-2)13-14-38/h7-10,15-17,38H,4-6,11-14,18-19H2,1-3H3,(H2,31,32,33,34). The summed E-state index contributed by atoms with van der Waals surface area (Å²) >= 11 is 6.41. The van der Waals surface area contributed by atoms with Crippen LogP contribution in [0, 0.1) is 5.82 Å². The van der Waals surface area contributed by atoms with Gasteiger partial charge in [0.25, 0.3) is 0 Å². The summed E-state index contributed by atoms with van der Waals surface area (Å²) < 4.78 is 14.5. The summed E-state index contributed by atoms with van der Waals surface area (Å²) in [7, 11) is 0. The van der Waals surface area contributed by atoms with Gasteiger partial charge in [0.1, 0.15) is 10.8 Å². The monoisotopic (exact) mass is 541 g/mol. The van der Waals surface area contributed by atoms with E-state index >= 15 is 0 Å². The first-order valence-electron chi connectivity index (χ1n) is 13.2. The molecule has 0 spiro atoms. The zero-order chi connectivity index (χ0) is 27.1. The fraction of sp³-hybridized carbons (Fsp3) is 0.429. The SMILES string of the molecule is CCN(CCO)Cc1cc(Nc2nc(Nc3ccc4c(c3)N(CC)CCN(CC)C4)ncc2Cl)ccc1F. The summed E-state index contributed by atoms with van der Waals surface area (Å²) in [5.41, 5.74) is 4.62. The summed E-state index contributed by atoms with van der Waals surface area (Å²) in [6, 6.07) is 11.2. The highest BCUT2D eigenvalue weighted by atomic mass is 35.5. The Morgan fingerprint density at radius 2 is 1.84 bits per heavy atom. The first-order valence-corrected chi connectivity index (χ1v) is 13.6. The Labute approximate surface area is 229 Å². The zero-order valence-corrected chi connectivity index (χ0v) is 23.1. The number of likely N-dealkylation sites (N-methyl/N-ethyl adjacent to an activating group) is 3. The minimum absolute atomic E-state index is 0.0254. The molecule has 0 amide bonds. The minimum atomic E-state index is -0.297. The van der Waals surface area contributed by atoms with Gasteiger partial charge in [-0.2, -0.15) is 4.98 Å². The van der Waals surface area contributed by atoms with Crippen molar-refractivity contribution >= 4 is 40.4 Å². The maximum atomic E-state index is 14.5. The topological polar surface area (TPSA) is 79.8 Å². The summed E-state index contributed by atoms with van der Waals surface area (Å²) in [6.07, 6.45) is 1.55. The Hall–Kier alpha value is -2.98. The molecule has 0 unspecified atom stereocenters. The first-order chi connectivity index (χ1) is 18.4. The van der Waals surface area contributed by atoms with E-state index in [0.29, 0.717) is 47.7 Å². The van der Waals surface area contributed by atoms with Crippen LogP contribution in [-0.2, 0) is 13.1 Å². The number of nitrogens with zero attached hydrogens (tertiary/aromatic N) is 5. The zero-order valence-electron chi connectivity index (χ0n) is 22.3. The van der Waals surface area contributed by atoms with Gasteiger partial charge in [0.15, 0.2) is 5.82 Å². The largest absolute Gasteiger partial charge is 0.395 e. The van der Waals surface area contributed by atoms with Crippen molar-refractivity contribution < 1.29 is 9.50 Å². The third kappa shape index (κ3) is 6.91. The number of anilines is 5. The minimum Gasteiger partial charge on any atom is -0.395 e. The van der Waals surface area contributed by atoms with Crippen LogP contribution >= 0.6 is 11.6 Å². The lowest BCUT2D eigenvalue weighted by Gasteiger charge is -2.23. The molecule has 3 aromatic rings. The number of aliphatic hydroxyl groups is 1. The molecular weight excluding hydrogens is 505 g/mol. The molecule has 38 heavy (non-hydrogen) atoms. The second kappa shape index (κ2) is 13.2. The summed E-state index contributed by atoms with van der Waals surface area (Å²) in [4.78, 5) is 15.8. The molecule has 10 heteroatoms. The third-order valence-corrected chi connectivity index (χ3v) is 7.18. The molecule has 0 fully saturated rings. The highest BCUT2D eigenvalue weighted by Crippen LogP contribution is 2.31. The van der Waals surface area contributed by atoms with Crippen LogP contribution in [0.4, 0.5) is 33.2 Å². The van der Waals surface area contributed by atoms with Crippen LogP contribution in [0.25, 0.3) is 0 Å². The lowest BCUT2D eigenvalue weighted by atomic mass is 10.1. The molecule has 2 aromatic carbocycles. The number of aromatic nitrogens is 2. The van der Waals surface area contributed by atoms with Gasteiger partial charge >= 0.3 is 0 Å². The number of benzene rings is 2. The fourth-order valence-electron chi connectivity index (χ4n) is 4.66. The van der Waals surface area contributed by atoms with Crippen LogP contribution in [0.15, 0.2) is 42.6 Å². The van der Waals surface area contributed by atoms with Crippen LogP contribution in [0.3, 0.4) is 0 Å². The van der Waals surface area contributed by atoms with Crippen molar-refractivity contribution in [3.05, 3.63) is 64.6 Å². The second-order valence-corrected chi connectivity index (χ2v) is 9.74. The highest BCUT2D eigenvalue weighted by molar-refractivity contribution is 6.32. The highest BCUT2D eigenvalue weighted by Gasteiger charge is 2.19. The number of aliphatic hydroxyl groups excluding tert-OH is 1. The Balaban J connectivity index is 1.53. The van der Waals surface area contributed by atoms with Crippen LogP contribution in [-0.4, -0.2) is 70.7 Å². The normalized spacial score (nSPS) is 13.9. The van der Waals surface area contributed by atoms with Crippen LogP contribution in [0.1, 0.15) is 31.9 Å². The number of hydrogen-bond donors (Lipinski definition) is 3. The van der Waals surface area contributed by atoms with Crippen molar-refractivity contribution in [3.63, 3.8) is 0 Å². The lowest BCUT2D eigenvalue weighted by Crippen LogP contribution is -2.31. The number of rotatable bonds is 11. The van der Waals surface area contributed by atoms with Gasteiger partial charge in [0, 0.05) is 61.9 Å². The molecule has 1 aromatic heterocycles. The molecule has 0 atom stereocenters. The number of nitrogens with one attached hydrogen (secondary N) is 2. The molecule has 4 rings (SSSR count). The second-order valence-electron chi connectivity index (χ2n) is 9.33. The summed E-state index contributed by atoms with van der Waals surface area (Å²) in [5.74, 6) is 0.536. The predicted molar refractivity (Wildman–Crippen MR) is 153 cm³/mol. The van der Waals surface area contributed by atoms with Gasteiger partial charge in [0.2, 0.25) is 5.95 Å². The van der Waals surface area contributed by atoms with Crippen molar-refractivity contribution in [1.82, 2.24) is 19.8 Å². The molecule has 1 aliphatic heterocycles. The maximum absolute atomic E-state index is 14.5. The predicted octanol–water partition coefficient (Wildman–Crippen LogP) is 5.23. The van der Waals surface area contributed by atoms with Crippen molar-refractivity contribution in [2.45, 2.75) is 33.9 Å². The summed E-state index contributed by atoms with van der Waals surface area (Å²) in [6.45, 7) is 12.9. The van der Waals surface area contributed by atoms with Gasteiger partial charge in [-0.15, -0.1) is 0 Å². The van der Waals surface area contributed by atoms with Crippen molar-refractivity contribution in [2.24, 2.45) is 0 Å². The number of halogens is 2. The van der Waals surface area contributed by atoms with Gasteiger partial charge in [-0.25, -0.2) is 9.37 Å². The third-order valence-electron chi connectivity index (χ3n) is 6.90. The Morgan fingerprint density at radius 1 is 1.05 bits per heavy atom. The van der Waals surface area contributed by atoms with Crippen molar-refractivity contribution in [3.8, 4) is 0 Å². The molecule has 0 saturated carbocycles. The first kappa shape index (κ1) is 28.0. The Kier molecular flexibility index (Phi) is 9.74. The van der Waals surface area contributed by atoms with E-state index in [1.807, 2.05) is 11.8 Å². The quantitative estimate of drug-likeness (QED) is 0.304. The summed E-state index contributed by atoms with van der Waals surface area (Å²) in [5, 5.41) is 16.1. The smallest absolute Gasteiger partial charge is 0.229 e. The number of fused-ring (bicyclic) bond motifs is 1. The van der Waals surface area contributed by atoms with E-state index in [9.17, 15) is 9.50 Å². The van der Waals surface area contributed by atoms with Gasteiger partial charge in [-0.05, 0) is 55.9 Å². The van der Waals surface area contributed by atoms with E-state index in [4.69, 9.17) is 11.6 Å². The van der Waals surface area contributed by atoms with E-state index in [2.05, 4.69) is 62.4 Å². The Morgan fingerprint density at radius 3 is 2.58 bits per heavy atom. The molecule has 2 heterocycles. The lowest BCUT2D eigenvalue weighted by molar-refractivity contribution is 0.195. The van der Waals surface area contributed by atoms with E-state index in [1.54, 1.807) is 18.3 Å². The Bertz CT molecular complexity index is 1230. The molecule has 0 saturated heterocycles. The van der Waals surface area contributed by atoms with Gasteiger partial charge in [0.05, 0.1) is 12.8 Å². The molecule has 204 valence electrons. The molecule has 0 radical (unpaired) electrons. The molecule has 0 bridgehead atoms. The van der Waals surface area contributed by atoms with Crippen LogP contribution < -0.4 is 15.5 Å². The maximum Gasteiger partial charge on any atom is 0.229 e. The van der Waals surface area contributed by atoms with Crippen molar-refractivity contribution in [2.75, 3.05) is 61.4 Å². The molecule has 8 nitrogen and oxygen atoms in total. The van der Waals surface area contributed by atoms with Gasteiger partial charge in [-0.3, -0.25) is 9.80 Å². The average molecular weight is 542 g/mol. The van der Waals surface area contributed by atoms with Crippen LogP contribution in [0.5, 0.6) is 0 Å². The van der Waals surface area contributed by atoms with E-state index in [-0.39, 0.29) is 12.4 Å². The fourth-order valence-corrected chi connectivity index (χ4v) is 4.79. The molecule has 0 aliphatic carbocycles. The average Bonchev–Trinajstić information content (AvgIpc) is 3.10. The van der Waals surface area contributed by atoms with Crippen LogP contribution in [0.2, 0.25) is 5.02 Å². The van der Waals surface area contributed by atoms with E-state index < -0.39 is 0 Å². The molecular formula is C28H37ClFN7O. The molecule has 1 aliphatic rings. The molecule has 3 N–H and O–H groups in total. The van der Waals surface area contributed by atoms with Crippen molar-refractivity contribution in [1.29, 1.82) is 0 Å². The van der Waals surface area contributed by atoms with Gasteiger partial charge in [-0.1, -0.05) is 31.5 Å². The number of hydrogen-bond acceptors (Lipinski definition) is 8. The van der Waals surface area contributed by atoms with Gasteiger partial charge < -0.3 is 20.6 Å². The van der Waals surface area contributed by atoms with E-state index in [1.165, 1.54) is 17.3 Å².